The molecule has 0 saturated carbocycles. The first kappa shape index (κ1) is 18.4. The average molecular weight is 367 g/mol. The van der Waals surface area contributed by atoms with E-state index in [-0.39, 0.29) is 5.91 Å². The third-order valence-corrected chi connectivity index (χ3v) is 3.97. The van der Waals surface area contributed by atoms with Crippen molar-refractivity contribution in [2.45, 2.75) is 12.5 Å². The lowest BCUT2D eigenvalue weighted by atomic mass is 10.1. The summed E-state index contributed by atoms with van der Waals surface area (Å²) in [5, 5.41) is 14.0. The summed E-state index contributed by atoms with van der Waals surface area (Å²) in [6, 6.07) is 16.5. The molecule has 0 aliphatic carbocycles. The molecule has 3 rings (SSSR count). The van der Waals surface area contributed by atoms with Crippen LogP contribution in [0.25, 0.3) is 0 Å². The molecular weight excluding hydrogens is 346 g/mol. The Morgan fingerprint density at radius 3 is 2.70 bits per heavy atom. The Labute approximate surface area is 157 Å². The Hall–Kier alpha value is -3.42. The van der Waals surface area contributed by atoms with Crippen molar-refractivity contribution in [2.75, 3.05) is 20.3 Å². The molecule has 1 heterocycles. The quantitative estimate of drug-likeness (QED) is 0.579. The van der Waals surface area contributed by atoms with Crippen LogP contribution in [0.3, 0.4) is 0 Å². The Balaban J connectivity index is 1.54. The number of nitrogens with zero attached hydrogens (tertiary/aromatic N) is 4. The van der Waals surface area contributed by atoms with Crippen LogP contribution in [-0.4, -0.2) is 46.4 Å². The van der Waals surface area contributed by atoms with Gasteiger partial charge in [-0.15, -0.1) is 5.10 Å². The molecule has 1 atom stereocenters. The van der Waals surface area contributed by atoms with E-state index in [1.165, 1.54) is 11.0 Å². The van der Waals surface area contributed by atoms with Gasteiger partial charge in [0, 0.05) is 12.5 Å². The Morgan fingerprint density at radius 2 is 1.96 bits per heavy atom. The van der Waals surface area contributed by atoms with Crippen molar-refractivity contribution in [1.29, 1.82) is 0 Å². The van der Waals surface area contributed by atoms with Crippen LogP contribution in [0.4, 0.5) is 0 Å². The minimum absolute atomic E-state index is 0.166. The fraction of sp³-hybridized carbons (Fsp3) is 0.263. The molecule has 2 aromatic carbocycles. The lowest BCUT2D eigenvalue weighted by Crippen LogP contribution is -2.36. The number of hydrogen-bond donors (Lipinski definition) is 1. The number of benzene rings is 2. The van der Waals surface area contributed by atoms with Gasteiger partial charge < -0.3 is 14.8 Å². The van der Waals surface area contributed by atoms with Crippen LogP contribution in [0.2, 0.25) is 0 Å². The number of tetrazole rings is 1. The SMILES string of the molecule is COc1cccc(OCCNC(=O)C(Cc2ccccc2)n2cnnn2)c1. The normalized spacial score (nSPS) is 11.6. The average Bonchev–Trinajstić information content (AvgIpc) is 3.24. The van der Waals surface area contributed by atoms with E-state index < -0.39 is 6.04 Å². The number of carbonyl (C=O) groups excluding carboxylic acids is 1. The highest BCUT2D eigenvalue weighted by Crippen LogP contribution is 2.18. The number of amides is 1. The van der Waals surface area contributed by atoms with E-state index in [1.54, 1.807) is 13.2 Å². The van der Waals surface area contributed by atoms with Crippen LogP contribution < -0.4 is 14.8 Å². The number of aromatic nitrogens is 4. The van der Waals surface area contributed by atoms with Crippen molar-refractivity contribution in [1.82, 2.24) is 25.5 Å². The van der Waals surface area contributed by atoms with Gasteiger partial charge in [0.15, 0.2) is 0 Å². The summed E-state index contributed by atoms with van der Waals surface area (Å²) in [7, 11) is 1.60. The van der Waals surface area contributed by atoms with Crippen LogP contribution in [-0.2, 0) is 11.2 Å². The Morgan fingerprint density at radius 1 is 1.15 bits per heavy atom. The smallest absolute Gasteiger partial charge is 0.245 e. The fourth-order valence-electron chi connectivity index (χ4n) is 2.61. The predicted octanol–water partition coefficient (Wildman–Crippen LogP) is 1.66. The molecule has 0 saturated heterocycles. The molecule has 0 fully saturated rings. The monoisotopic (exact) mass is 367 g/mol. The van der Waals surface area contributed by atoms with Crippen molar-refractivity contribution < 1.29 is 14.3 Å². The fourth-order valence-corrected chi connectivity index (χ4v) is 2.61. The zero-order valence-corrected chi connectivity index (χ0v) is 15.0. The van der Waals surface area contributed by atoms with Crippen LogP contribution in [0.5, 0.6) is 11.5 Å². The van der Waals surface area contributed by atoms with E-state index in [2.05, 4.69) is 20.8 Å². The summed E-state index contributed by atoms with van der Waals surface area (Å²) < 4.78 is 12.3. The minimum Gasteiger partial charge on any atom is -0.497 e. The van der Waals surface area contributed by atoms with Gasteiger partial charge in [0.05, 0.1) is 13.7 Å². The van der Waals surface area contributed by atoms with E-state index >= 15 is 0 Å². The number of ether oxygens (including phenoxy) is 2. The highest BCUT2D eigenvalue weighted by atomic mass is 16.5. The number of methoxy groups -OCH3 is 1. The van der Waals surface area contributed by atoms with Gasteiger partial charge in [-0.25, -0.2) is 4.68 Å². The van der Waals surface area contributed by atoms with E-state index in [0.29, 0.717) is 25.3 Å². The van der Waals surface area contributed by atoms with Gasteiger partial charge >= 0.3 is 0 Å². The van der Waals surface area contributed by atoms with Gasteiger partial charge in [0.1, 0.15) is 30.5 Å². The maximum atomic E-state index is 12.7. The highest BCUT2D eigenvalue weighted by Gasteiger charge is 2.21. The van der Waals surface area contributed by atoms with Gasteiger partial charge in [-0.05, 0) is 28.1 Å². The second kappa shape index (κ2) is 9.33. The molecule has 0 radical (unpaired) electrons. The van der Waals surface area contributed by atoms with E-state index in [9.17, 15) is 4.79 Å². The van der Waals surface area contributed by atoms with Crippen LogP contribution in [0.15, 0.2) is 60.9 Å². The molecule has 27 heavy (non-hydrogen) atoms. The predicted molar refractivity (Wildman–Crippen MR) is 98.5 cm³/mol. The van der Waals surface area contributed by atoms with Gasteiger partial charge in [-0.2, -0.15) is 0 Å². The first-order valence-corrected chi connectivity index (χ1v) is 8.57. The van der Waals surface area contributed by atoms with Crippen LogP contribution >= 0.6 is 0 Å². The summed E-state index contributed by atoms with van der Waals surface area (Å²) >= 11 is 0. The van der Waals surface area contributed by atoms with Crippen molar-refractivity contribution in [3.8, 4) is 11.5 Å². The first-order chi connectivity index (χ1) is 13.3. The standard InChI is InChI=1S/C19H21N5O3/c1-26-16-8-5-9-17(13-16)27-11-10-20-19(25)18(24-14-21-22-23-24)12-15-6-3-2-4-7-15/h2-9,13-14,18H,10-12H2,1H3,(H,20,25). The van der Waals surface area contributed by atoms with E-state index in [1.807, 2.05) is 48.5 Å². The lowest BCUT2D eigenvalue weighted by molar-refractivity contribution is -0.124. The number of nitrogens with one attached hydrogen (secondary N) is 1. The second-order valence-electron chi connectivity index (χ2n) is 5.81. The lowest BCUT2D eigenvalue weighted by Gasteiger charge is -2.16. The molecule has 8 heteroatoms. The van der Waals surface area contributed by atoms with Crippen molar-refractivity contribution in [3.63, 3.8) is 0 Å². The molecule has 1 N–H and O–H groups in total. The Kier molecular flexibility index (Phi) is 6.35. The molecule has 1 unspecified atom stereocenters. The van der Waals surface area contributed by atoms with Crippen LogP contribution in [0.1, 0.15) is 11.6 Å². The summed E-state index contributed by atoms with van der Waals surface area (Å²) in [5.41, 5.74) is 1.03. The topological polar surface area (TPSA) is 91.2 Å². The maximum Gasteiger partial charge on any atom is 0.245 e. The summed E-state index contributed by atoms with van der Waals surface area (Å²) in [6.45, 7) is 0.704. The zero-order chi connectivity index (χ0) is 18.9. The van der Waals surface area contributed by atoms with Crippen molar-refractivity contribution in [2.24, 2.45) is 0 Å². The maximum absolute atomic E-state index is 12.7. The molecule has 0 bridgehead atoms. The van der Waals surface area contributed by atoms with Gasteiger partial charge in [0.2, 0.25) is 5.91 Å². The number of hydrogen-bond acceptors (Lipinski definition) is 6. The first-order valence-electron chi connectivity index (χ1n) is 8.57. The summed E-state index contributed by atoms with van der Waals surface area (Å²) in [6.07, 6.45) is 1.94. The highest BCUT2D eigenvalue weighted by molar-refractivity contribution is 5.80. The minimum atomic E-state index is -0.529. The van der Waals surface area contributed by atoms with Gasteiger partial charge in [-0.3, -0.25) is 4.79 Å². The molecule has 140 valence electrons. The summed E-state index contributed by atoms with van der Waals surface area (Å²) in [5.74, 6) is 1.24. The molecule has 1 amide bonds. The zero-order valence-electron chi connectivity index (χ0n) is 15.0. The van der Waals surface area contributed by atoms with Crippen molar-refractivity contribution in [3.05, 3.63) is 66.5 Å². The number of carbonyl (C=O) groups is 1. The molecular formula is C19H21N5O3. The van der Waals surface area contributed by atoms with Gasteiger partial charge in [0.25, 0.3) is 0 Å². The molecule has 0 spiro atoms. The molecule has 1 aromatic heterocycles. The third kappa shape index (κ3) is 5.27. The number of rotatable bonds is 9. The van der Waals surface area contributed by atoms with Crippen LogP contribution in [0, 0.1) is 0 Å². The van der Waals surface area contributed by atoms with E-state index in [0.717, 1.165) is 11.3 Å². The largest absolute Gasteiger partial charge is 0.497 e. The second-order valence-corrected chi connectivity index (χ2v) is 5.81. The third-order valence-electron chi connectivity index (χ3n) is 3.97. The molecule has 0 aliphatic heterocycles. The molecule has 0 aliphatic rings. The summed E-state index contributed by atoms with van der Waals surface area (Å²) in [4.78, 5) is 12.7. The van der Waals surface area contributed by atoms with Crippen molar-refractivity contribution >= 4 is 5.91 Å². The van der Waals surface area contributed by atoms with E-state index in [4.69, 9.17) is 9.47 Å². The Bertz CT molecular complexity index is 840. The molecule has 3 aromatic rings. The van der Waals surface area contributed by atoms with Gasteiger partial charge in [-0.1, -0.05) is 36.4 Å². The molecule has 8 nitrogen and oxygen atoms in total.